The molecule has 0 saturated carbocycles. The van der Waals surface area contributed by atoms with Crippen LogP contribution in [-0.4, -0.2) is 17.3 Å². The van der Waals surface area contributed by atoms with Crippen LogP contribution in [0, 0.1) is 17.5 Å². The van der Waals surface area contributed by atoms with E-state index < -0.39 is 23.5 Å². The van der Waals surface area contributed by atoms with E-state index in [2.05, 4.69) is 4.98 Å². The van der Waals surface area contributed by atoms with Crippen LogP contribution in [0.3, 0.4) is 0 Å². The molecule has 0 saturated heterocycles. The monoisotopic (exact) mass is 433 g/mol. The zero-order valence-electron chi connectivity index (χ0n) is 15.1. The van der Waals surface area contributed by atoms with Gasteiger partial charge in [0.1, 0.15) is 17.5 Å². The molecule has 1 aliphatic rings. The number of rotatable bonds is 4. The molecule has 2 amide bonds. The molecule has 0 unspecified atom stereocenters. The summed E-state index contributed by atoms with van der Waals surface area (Å²) in [5.41, 5.74) is 0.685. The normalized spacial score (nSPS) is 13.6. The third-order valence-electron chi connectivity index (χ3n) is 4.34. The van der Waals surface area contributed by atoms with E-state index in [1.54, 1.807) is 30.5 Å². The van der Waals surface area contributed by atoms with Crippen LogP contribution in [0.4, 0.5) is 29.3 Å². The van der Waals surface area contributed by atoms with Crippen molar-refractivity contribution in [2.75, 3.05) is 15.5 Å². The highest BCUT2D eigenvalue weighted by molar-refractivity contribution is 8.01. The summed E-state index contributed by atoms with van der Waals surface area (Å²) in [5.74, 6) is -3.08. The van der Waals surface area contributed by atoms with Crippen LogP contribution in [0.1, 0.15) is 5.56 Å². The molecule has 9 heteroatoms. The van der Waals surface area contributed by atoms with E-state index in [-0.39, 0.29) is 12.1 Å². The number of halogens is 3. The standard InChI is InChI=1S/C20H14F3N3OS2/c1-28-19-7-6-13(10-24-19)26-20(27)25(17-4-2-3-5-18(17)29-26)11-14-15(22)8-12(21)9-16(14)23/h2-10H,11H2,1H3. The molecule has 4 rings (SSSR count). The van der Waals surface area contributed by atoms with Crippen LogP contribution >= 0.6 is 23.7 Å². The Morgan fingerprint density at radius 2 is 1.79 bits per heavy atom. The number of anilines is 2. The van der Waals surface area contributed by atoms with Crippen molar-refractivity contribution in [2.24, 2.45) is 0 Å². The summed E-state index contributed by atoms with van der Waals surface area (Å²) in [5, 5.41) is 0.802. The quantitative estimate of drug-likeness (QED) is 0.381. The van der Waals surface area contributed by atoms with Crippen molar-refractivity contribution in [3.63, 3.8) is 0 Å². The first-order chi connectivity index (χ1) is 14.0. The zero-order valence-corrected chi connectivity index (χ0v) is 16.7. The van der Waals surface area contributed by atoms with Crippen molar-refractivity contribution in [3.05, 3.63) is 77.7 Å². The van der Waals surface area contributed by atoms with Gasteiger partial charge < -0.3 is 0 Å². The van der Waals surface area contributed by atoms with Crippen LogP contribution in [-0.2, 0) is 6.54 Å². The third kappa shape index (κ3) is 3.79. The van der Waals surface area contributed by atoms with Crippen molar-refractivity contribution in [2.45, 2.75) is 16.5 Å². The maximum absolute atomic E-state index is 14.2. The largest absolute Gasteiger partial charge is 0.339 e. The highest BCUT2D eigenvalue weighted by atomic mass is 32.2. The summed E-state index contributed by atoms with van der Waals surface area (Å²) in [7, 11) is 0. The molecule has 0 bridgehead atoms. The summed E-state index contributed by atoms with van der Waals surface area (Å²) in [4.78, 5) is 19.5. The van der Waals surface area contributed by atoms with Gasteiger partial charge in [0.05, 0.1) is 34.0 Å². The van der Waals surface area contributed by atoms with Gasteiger partial charge in [-0.1, -0.05) is 12.1 Å². The third-order valence-corrected chi connectivity index (χ3v) is 6.09. The second-order valence-corrected chi connectivity index (χ2v) is 7.94. The van der Waals surface area contributed by atoms with Gasteiger partial charge in [-0.3, -0.25) is 4.90 Å². The molecule has 0 radical (unpaired) electrons. The lowest BCUT2D eigenvalue weighted by atomic mass is 10.1. The van der Waals surface area contributed by atoms with Crippen LogP contribution in [0.25, 0.3) is 0 Å². The number of urea groups is 1. The molecule has 0 atom stereocenters. The van der Waals surface area contributed by atoms with Crippen molar-refractivity contribution in [1.29, 1.82) is 0 Å². The highest BCUT2D eigenvalue weighted by Gasteiger charge is 2.33. The fraction of sp³-hybridized carbons (Fsp3) is 0.100. The lowest BCUT2D eigenvalue weighted by molar-refractivity contribution is 0.254. The number of aromatic nitrogens is 1. The minimum Gasteiger partial charge on any atom is -0.287 e. The van der Waals surface area contributed by atoms with Crippen molar-refractivity contribution in [3.8, 4) is 0 Å². The molecule has 29 heavy (non-hydrogen) atoms. The number of thioether (sulfide) groups is 1. The molecule has 0 aliphatic carbocycles. The number of pyridine rings is 1. The Labute approximate surface area is 173 Å². The van der Waals surface area contributed by atoms with Gasteiger partial charge in [0.15, 0.2) is 0 Å². The molecule has 148 valence electrons. The van der Waals surface area contributed by atoms with Crippen LogP contribution in [0.15, 0.2) is 64.6 Å². The van der Waals surface area contributed by atoms with Crippen LogP contribution in [0.5, 0.6) is 0 Å². The Hall–Kier alpha value is -2.65. The average Bonchev–Trinajstić information content (AvgIpc) is 2.71. The topological polar surface area (TPSA) is 36.4 Å². The molecule has 0 N–H and O–H groups in total. The minimum atomic E-state index is -1.04. The predicted octanol–water partition coefficient (Wildman–Crippen LogP) is 5.87. The minimum absolute atomic E-state index is 0.374. The summed E-state index contributed by atoms with van der Waals surface area (Å²) in [6.07, 6.45) is 3.47. The Morgan fingerprint density at radius 3 is 2.45 bits per heavy atom. The second kappa shape index (κ2) is 8.00. The molecule has 1 aromatic heterocycles. The SMILES string of the molecule is CSc1ccc(N2Sc3ccccc3N(Cc3c(F)cc(F)cc3F)C2=O)cn1. The van der Waals surface area contributed by atoms with E-state index in [1.165, 1.54) is 32.9 Å². The van der Waals surface area contributed by atoms with Gasteiger partial charge in [0.2, 0.25) is 0 Å². The van der Waals surface area contributed by atoms with Gasteiger partial charge in [0.25, 0.3) is 0 Å². The summed E-state index contributed by atoms with van der Waals surface area (Å²) >= 11 is 2.68. The number of carbonyl (C=O) groups excluding carboxylic acids is 1. The van der Waals surface area contributed by atoms with Gasteiger partial charge >= 0.3 is 6.03 Å². The smallest absolute Gasteiger partial charge is 0.287 e. The Morgan fingerprint density at radius 1 is 1.07 bits per heavy atom. The van der Waals surface area contributed by atoms with E-state index in [1.807, 2.05) is 18.4 Å². The molecular formula is C20H14F3N3OS2. The van der Waals surface area contributed by atoms with Crippen molar-refractivity contribution < 1.29 is 18.0 Å². The number of hydrogen-bond donors (Lipinski definition) is 0. The average molecular weight is 433 g/mol. The molecule has 2 heterocycles. The first kappa shape index (κ1) is 19.7. The summed E-state index contributed by atoms with van der Waals surface area (Å²) in [6, 6.07) is 11.3. The van der Waals surface area contributed by atoms with Gasteiger partial charge in [-0.05, 0) is 42.5 Å². The fourth-order valence-electron chi connectivity index (χ4n) is 2.92. The summed E-state index contributed by atoms with van der Waals surface area (Å²) in [6.45, 7) is -0.374. The van der Waals surface area contributed by atoms with Gasteiger partial charge in [-0.2, -0.15) is 0 Å². The molecule has 0 fully saturated rings. The number of benzene rings is 2. The van der Waals surface area contributed by atoms with Crippen molar-refractivity contribution >= 4 is 41.1 Å². The number of para-hydroxylation sites is 1. The Kier molecular flexibility index (Phi) is 5.42. The fourth-order valence-corrected chi connectivity index (χ4v) is 4.28. The molecular weight excluding hydrogens is 419 g/mol. The lowest BCUT2D eigenvalue weighted by Gasteiger charge is -2.35. The molecule has 4 nitrogen and oxygen atoms in total. The van der Waals surface area contributed by atoms with E-state index in [4.69, 9.17) is 0 Å². The van der Waals surface area contributed by atoms with Crippen LogP contribution in [0.2, 0.25) is 0 Å². The number of amides is 2. The molecule has 0 spiro atoms. The van der Waals surface area contributed by atoms with E-state index in [9.17, 15) is 18.0 Å². The van der Waals surface area contributed by atoms with E-state index in [0.717, 1.165) is 9.92 Å². The lowest BCUT2D eigenvalue weighted by Crippen LogP contribution is -2.43. The molecule has 1 aliphatic heterocycles. The number of hydrogen-bond acceptors (Lipinski definition) is 4. The maximum Gasteiger partial charge on any atom is 0.339 e. The highest BCUT2D eigenvalue weighted by Crippen LogP contribution is 2.42. The first-order valence-electron chi connectivity index (χ1n) is 8.50. The maximum atomic E-state index is 14.2. The van der Waals surface area contributed by atoms with Crippen molar-refractivity contribution in [1.82, 2.24) is 4.98 Å². The van der Waals surface area contributed by atoms with Crippen LogP contribution < -0.4 is 9.21 Å². The Bertz CT molecular complexity index is 1060. The van der Waals surface area contributed by atoms with Gasteiger partial charge in [0, 0.05) is 17.7 Å². The van der Waals surface area contributed by atoms with E-state index in [0.29, 0.717) is 23.5 Å². The summed E-state index contributed by atoms with van der Waals surface area (Å²) < 4.78 is 43.1. The number of carbonyl (C=O) groups is 1. The number of fused-ring (bicyclic) bond motifs is 1. The van der Waals surface area contributed by atoms with Gasteiger partial charge in [-0.25, -0.2) is 27.3 Å². The molecule has 3 aromatic rings. The first-order valence-corrected chi connectivity index (χ1v) is 10.5. The number of nitrogens with zero attached hydrogens (tertiary/aromatic N) is 3. The Balaban J connectivity index is 1.75. The van der Waals surface area contributed by atoms with Gasteiger partial charge in [-0.15, -0.1) is 11.8 Å². The predicted molar refractivity (Wildman–Crippen MR) is 109 cm³/mol. The van der Waals surface area contributed by atoms with E-state index >= 15 is 0 Å². The molecule has 2 aromatic carbocycles. The second-order valence-electron chi connectivity index (χ2n) is 6.13. The zero-order chi connectivity index (χ0) is 20.5.